The van der Waals surface area contributed by atoms with Crippen LogP contribution in [0.4, 0.5) is 11.8 Å². The molecule has 1 saturated heterocycles. The molecule has 25 heavy (non-hydrogen) atoms. The zero-order chi connectivity index (χ0) is 17.6. The van der Waals surface area contributed by atoms with E-state index in [1.807, 2.05) is 36.4 Å². The summed E-state index contributed by atoms with van der Waals surface area (Å²) >= 11 is 5.17. The van der Waals surface area contributed by atoms with Gasteiger partial charge in [0.15, 0.2) is 5.11 Å². The van der Waals surface area contributed by atoms with Crippen LogP contribution < -0.4 is 20.3 Å². The van der Waals surface area contributed by atoms with Gasteiger partial charge in [-0.25, -0.2) is 0 Å². The number of para-hydroxylation sites is 1. The molecular formula is C18H23N5OS. The van der Waals surface area contributed by atoms with Crippen molar-refractivity contribution < 1.29 is 4.74 Å². The molecule has 1 aromatic carbocycles. The average Bonchev–Trinajstić information content (AvgIpc) is 2.62. The Bertz CT molecular complexity index is 725. The van der Waals surface area contributed by atoms with Crippen LogP contribution in [0.5, 0.6) is 11.6 Å². The maximum atomic E-state index is 5.91. The third-order valence-corrected chi connectivity index (χ3v) is 4.39. The van der Waals surface area contributed by atoms with E-state index in [0.717, 1.165) is 31.1 Å². The standard InChI is InChI=1S/C18H23N5OS/c1-13-7-6-10-23(12-13)15-11-16(24-14-8-4-3-5-9-14)21-17(20-15)22-18(25)19-2/h3-5,8-9,11,13H,6-7,10,12H2,1-2H3,(H2,19,20,21,22,25)/t13-/m0/s1. The second-order valence-corrected chi connectivity index (χ2v) is 6.61. The van der Waals surface area contributed by atoms with Crippen LogP contribution in [0.3, 0.4) is 0 Å². The van der Waals surface area contributed by atoms with E-state index in [0.29, 0.717) is 22.9 Å². The van der Waals surface area contributed by atoms with Gasteiger partial charge in [0.25, 0.3) is 0 Å². The van der Waals surface area contributed by atoms with Crippen LogP contribution in [0.2, 0.25) is 0 Å². The molecule has 1 aliphatic heterocycles. The van der Waals surface area contributed by atoms with Crippen molar-refractivity contribution in [2.24, 2.45) is 5.92 Å². The summed E-state index contributed by atoms with van der Waals surface area (Å²) in [5.74, 6) is 3.17. The number of piperidine rings is 1. The lowest BCUT2D eigenvalue weighted by molar-refractivity contribution is 0.440. The SMILES string of the molecule is CNC(=S)Nc1nc(Oc2ccccc2)cc(N2CCC[C@H](C)C2)n1. The molecule has 0 bridgehead atoms. The van der Waals surface area contributed by atoms with Gasteiger partial charge in [0, 0.05) is 26.2 Å². The van der Waals surface area contributed by atoms with Gasteiger partial charge < -0.3 is 20.3 Å². The highest BCUT2D eigenvalue weighted by atomic mass is 32.1. The molecule has 132 valence electrons. The smallest absolute Gasteiger partial charge is 0.234 e. The van der Waals surface area contributed by atoms with Gasteiger partial charge in [0.05, 0.1) is 0 Å². The lowest BCUT2D eigenvalue weighted by Gasteiger charge is -2.32. The van der Waals surface area contributed by atoms with Gasteiger partial charge in [0.2, 0.25) is 11.8 Å². The van der Waals surface area contributed by atoms with Gasteiger partial charge in [-0.15, -0.1) is 0 Å². The summed E-state index contributed by atoms with van der Waals surface area (Å²) in [5.41, 5.74) is 0. The highest BCUT2D eigenvalue weighted by Gasteiger charge is 2.19. The quantitative estimate of drug-likeness (QED) is 0.813. The summed E-state index contributed by atoms with van der Waals surface area (Å²) in [6.45, 7) is 4.24. The molecule has 2 N–H and O–H groups in total. The Morgan fingerprint density at radius 2 is 2.08 bits per heavy atom. The van der Waals surface area contributed by atoms with Gasteiger partial charge in [-0.05, 0) is 43.1 Å². The number of hydrogen-bond acceptors (Lipinski definition) is 5. The summed E-state index contributed by atoms with van der Waals surface area (Å²) in [6.07, 6.45) is 2.42. The summed E-state index contributed by atoms with van der Waals surface area (Å²) in [7, 11) is 1.76. The fraction of sp³-hybridized carbons (Fsp3) is 0.389. The summed E-state index contributed by atoms with van der Waals surface area (Å²) in [4.78, 5) is 11.3. The number of rotatable bonds is 4. The molecule has 2 heterocycles. The zero-order valence-electron chi connectivity index (χ0n) is 14.5. The Morgan fingerprint density at radius 3 is 2.80 bits per heavy atom. The van der Waals surface area contributed by atoms with E-state index in [1.54, 1.807) is 7.05 Å². The van der Waals surface area contributed by atoms with Crippen LogP contribution in [0.25, 0.3) is 0 Å². The number of nitrogens with zero attached hydrogens (tertiary/aromatic N) is 3. The zero-order valence-corrected chi connectivity index (χ0v) is 15.3. The number of ether oxygens (including phenoxy) is 1. The fourth-order valence-electron chi connectivity index (χ4n) is 2.85. The van der Waals surface area contributed by atoms with Crippen molar-refractivity contribution in [3.8, 4) is 11.6 Å². The Balaban J connectivity index is 1.88. The molecule has 1 aromatic heterocycles. The molecule has 0 spiro atoms. The number of anilines is 2. The topological polar surface area (TPSA) is 62.3 Å². The van der Waals surface area contributed by atoms with Gasteiger partial charge in [-0.2, -0.15) is 9.97 Å². The lowest BCUT2D eigenvalue weighted by Crippen LogP contribution is -2.35. The van der Waals surface area contributed by atoms with Crippen molar-refractivity contribution in [1.82, 2.24) is 15.3 Å². The Labute approximate surface area is 153 Å². The van der Waals surface area contributed by atoms with E-state index >= 15 is 0 Å². The maximum absolute atomic E-state index is 5.91. The van der Waals surface area contributed by atoms with Gasteiger partial charge in [0.1, 0.15) is 11.6 Å². The minimum absolute atomic E-state index is 0.431. The third kappa shape index (κ3) is 4.79. The summed E-state index contributed by atoms with van der Waals surface area (Å²) in [5, 5.41) is 6.34. The van der Waals surface area contributed by atoms with Crippen molar-refractivity contribution in [3.63, 3.8) is 0 Å². The number of nitrogens with one attached hydrogen (secondary N) is 2. The molecular weight excluding hydrogens is 334 g/mol. The molecule has 1 atom stereocenters. The molecule has 0 aliphatic carbocycles. The molecule has 6 nitrogen and oxygen atoms in total. The minimum atomic E-state index is 0.431. The van der Waals surface area contributed by atoms with Crippen molar-refractivity contribution in [1.29, 1.82) is 0 Å². The van der Waals surface area contributed by atoms with Gasteiger partial charge >= 0.3 is 0 Å². The van der Waals surface area contributed by atoms with Crippen LogP contribution >= 0.6 is 12.2 Å². The number of benzene rings is 1. The molecule has 1 aliphatic rings. The second kappa shape index (κ2) is 8.11. The molecule has 0 amide bonds. The van der Waals surface area contributed by atoms with E-state index in [2.05, 4.69) is 32.4 Å². The Hall–Kier alpha value is -2.41. The van der Waals surface area contributed by atoms with Crippen LogP contribution in [-0.2, 0) is 0 Å². The predicted molar refractivity (Wildman–Crippen MR) is 104 cm³/mol. The van der Waals surface area contributed by atoms with E-state index in [9.17, 15) is 0 Å². The lowest BCUT2D eigenvalue weighted by atomic mass is 10.0. The number of aromatic nitrogens is 2. The first-order valence-corrected chi connectivity index (χ1v) is 8.90. The first-order chi connectivity index (χ1) is 12.1. The first kappa shape index (κ1) is 17.4. The molecule has 1 fully saturated rings. The molecule has 3 rings (SSSR count). The molecule has 7 heteroatoms. The van der Waals surface area contributed by atoms with Crippen molar-refractivity contribution in [3.05, 3.63) is 36.4 Å². The van der Waals surface area contributed by atoms with E-state index < -0.39 is 0 Å². The Morgan fingerprint density at radius 1 is 1.28 bits per heavy atom. The molecule has 2 aromatic rings. The third-order valence-electron chi connectivity index (χ3n) is 4.09. The van der Waals surface area contributed by atoms with Crippen LogP contribution in [0, 0.1) is 5.92 Å². The molecule has 0 unspecified atom stereocenters. The molecule has 0 saturated carbocycles. The fourth-order valence-corrected chi connectivity index (χ4v) is 2.95. The normalized spacial score (nSPS) is 17.0. The van der Waals surface area contributed by atoms with Crippen LogP contribution in [0.15, 0.2) is 36.4 Å². The average molecular weight is 357 g/mol. The first-order valence-electron chi connectivity index (χ1n) is 8.49. The van der Waals surface area contributed by atoms with Crippen LogP contribution in [-0.4, -0.2) is 35.2 Å². The van der Waals surface area contributed by atoms with Gasteiger partial charge in [-0.1, -0.05) is 25.1 Å². The summed E-state index contributed by atoms with van der Waals surface area (Å²) in [6, 6.07) is 11.5. The van der Waals surface area contributed by atoms with Crippen molar-refractivity contribution in [2.45, 2.75) is 19.8 Å². The van der Waals surface area contributed by atoms with Gasteiger partial charge in [-0.3, -0.25) is 0 Å². The van der Waals surface area contributed by atoms with E-state index in [-0.39, 0.29) is 0 Å². The predicted octanol–water partition coefficient (Wildman–Crippen LogP) is 3.42. The Kier molecular flexibility index (Phi) is 5.65. The highest BCUT2D eigenvalue weighted by molar-refractivity contribution is 7.80. The van der Waals surface area contributed by atoms with E-state index in [1.165, 1.54) is 6.42 Å². The summed E-state index contributed by atoms with van der Waals surface area (Å²) < 4.78 is 5.91. The highest BCUT2D eigenvalue weighted by Crippen LogP contribution is 2.27. The number of thiocarbonyl (C=S) groups is 1. The maximum Gasteiger partial charge on any atom is 0.234 e. The number of hydrogen-bond donors (Lipinski definition) is 2. The van der Waals surface area contributed by atoms with Crippen molar-refractivity contribution >= 4 is 29.1 Å². The van der Waals surface area contributed by atoms with Crippen LogP contribution in [0.1, 0.15) is 19.8 Å². The van der Waals surface area contributed by atoms with Crippen molar-refractivity contribution in [2.75, 3.05) is 30.4 Å². The minimum Gasteiger partial charge on any atom is -0.439 e. The monoisotopic (exact) mass is 357 g/mol. The largest absolute Gasteiger partial charge is 0.439 e. The second-order valence-electron chi connectivity index (χ2n) is 6.20. The molecule has 0 radical (unpaired) electrons. The van der Waals surface area contributed by atoms with E-state index in [4.69, 9.17) is 17.0 Å².